The van der Waals surface area contributed by atoms with E-state index in [9.17, 15) is 15.0 Å². The zero-order valence-corrected chi connectivity index (χ0v) is 11.7. The lowest BCUT2D eigenvalue weighted by Gasteiger charge is -2.16. The molecule has 3 N–H and O–H groups in total. The molecule has 104 valence electrons. The first kappa shape index (κ1) is 14.5. The van der Waals surface area contributed by atoms with Crippen LogP contribution in [0.1, 0.15) is 11.6 Å². The molecule has 0 spiro atoms. The number of hydrogen-bond acceptors (Lipinski definition) is 3. The monoisotopic (exact) mass is 311 g/mol. The number of aliphatic carboxylic acids is 1. The van der Waals surface area contributed by atoms with E-state index in [0.29, 0.717) is 16.3 Å². The number of anilines is 1. The largest absolute Gasteiger partial charge is 0.506 e. The molecule has 2 aromatic carbocycles. The fourth-order valence-corrected chi connectivity index (χ4v) is 2.02. The molecule has 0 saturated heterocycles. The van der Waals surface area contributed by atoms with E-state index in [2.05, 4.69) is 5.32 Å². The van der Waals surface area contributed by atoms with E-state index < -0.39 is 12.0 Å². The molecule has 2 rings (SSSR count). The summed E-state index contributed by atoms with van der Waals surface area (Å²) in [7, 11) is 0. The zero-order chi connectivity index (χ0) is 14.7. The Hall–Kier alpha value is -1.91. The maximum absolute atomic E-state index is 11.4. The van der Waals surface area contributed by atoms with Crippen molar-refractivity contribution in [2.24, 2.45) is 0 Å². The van der Waals surface area contributed by atoms with Crippen molar-refractivity contribution in [3.05, 3.63) is 58.1 Å². The first-order chi connectivity index (χ1) is 9.47. The average molecular weight is 312 g/mol. The third-order valence-electron chi connectivity index (χ3n) is 2.71. The van der Waals surface area contributed by atoms with Gasteiger partial charge in [-0.25, -0.2) is 4.79 Å². The highest BCUT2D eigenvalue weighted by molar-refractivity contribution is 6.32. The Bertz CT molecular complexity index is 629. The third-order valence-corrected chi connectivity index (χ3v) is 3.26. The van der Waals surface area contributed by atoms with Gasteiger partial charge in [0.2, 0.25) is 0 Å². The van der Waals surface area contributed by atoms with Gasteiger partial charge in [-0.3, -0.25) is 0 Å². The predicted octanol–water partition coefficient (Wildman–Crippen LogP) is 3.94. The van der Waals surface area contributed by atoms with Crippen molar-refractivity contribution in [2.45, 2.75) is 6.04 Å². The van der Waals surface area contributed by atoms with Gasteiger partial charge in [0.1, 0.15) is 5.75 Å². The van der Waals surface area contributed by atoms with Crippen LogP contribution in [0.25, 0.3) is 0 Å². The van der Waals surface area contributed by atoms with Gasteiger partial charge in [0, 0.05) is 10.7 Å². The van der Waals surface area contributed by atoms with Crippen molar-refractivity contribution in [1.29, 1.82) is 0 Å². The molecule has 0 aliphatic heterocycles. The van der Waals surface area contributed by atoms with Crippen molar-refractivity contribution < 1.29 is 15.0 Å². The second-order valence-corrected chi connectivity index (χ2v) is 4.98. The molecule has 4 nitrogen and oxygen atoms in total. The first-order valence-corrected chi connectivity index (χ1v) is 6.46. The summed E-state index contributed by atoms with van der Waals surface area (Å²) in [4.78, 5) is 11.4. The number of benzene rings is 2. The van der Waals surface area contributed by atoms with Crippen LogP contribution < -0.4 is 5.32 Å². The van der Waals surface area contributed by atoms with E-state index in [0.717, 1.165) is 0 Å². The van der Waals surface area contributed by atoms with Gasteiger partial charge < -0.3 is 15.5 Å². The Morgan fingerprint density at radius 3 is 2.30 bits per heavy atom. The minimum absolute atomic E-state index is 0.0916. The number of carboxylic acids is 1. The second kappa shape index (κ2) is 6.03. The van der Waals surface area contributed by atoms with Crippen LogP contribution in [0.2, 0.25) is 10.0 Å². The lowest BCUT2D eigenvalue weighted by molar-refractivity contribution is -0.138. The van der Waals surface area contributed by atoms with E-state index in [1.807, 2.05) is 0 Å². The number of phenols is 1. The summed E-state index contributed by atoms with van der Waals surface area (Å²) in [6.07, 6.45) is 0. The SMILES string of the molecule is O=C(O)C(Nc1ccc(Cl)cc1)c1ccc(O)c(Cl)c1. The smallest absolute Gasteiger partial charge is 0.330 e. The molecule has 0 radical (unpaired) electrons. The molecule has 0 fully saturated rings. The standard InChI is InChI=1S/C14H11Cl2NO3/c15-9-2-4-10(5-3-9)17-13(14(19)20)8-1-6-12(18)11(16)7-8/h1-7,13,17-18H,(H,19,20). The van der Waals surface area contributed by atoms with Crippen LogP contribution in [0, 0.1) is 0 Å². The number of hydrogen-bond donors (Lipinski definition) is 3. The van der Waals surface area contributed by atoms with E-state index in [1.165, 1.54) is 18.2 Å². The highest BCUT2D eigenvalue weighted by atomic mass is 35.5. The van der Waals surface area contributed by atoms with Gasteiger partial charge in [0.05, 0.1) is 5.02 Å². The molecule has 0 amide bonds. The van der Waals surface area contributed by atoms with Crippen LogP contribution in [0.4, 0.5) is 5.69 Å². The van der Waals surface area contributed by atoms with E-state index in [1.54, 1.807) is 24.3 Å². The Labute approximate surface area is 125 Å². The highest BCUT2D eigenvalue weighted by Gasteiger charge is 2.20. The molecule has 0 aliphatic rings. The number of carbonyl (C=O) groups is 1. The van der Waals surface area contributed by atoms with Crippen molar-refractivity contribution in [3.63, 3.8) is 0 Å². The van der Waals surface area contributed by atoms with Gasteiger partial charge in [-0.05, 0) is 42.0 Å². The van der Waals surface area contributed by atoms with Crippen LogP contribution in [0.15, 0.2) is 42.5 Å². The van der Waals surface area contributed by atoms with Gasteiger partial charge in [-0.2, -0.15) is 0 Å². The Balaban J connectivity index is 2.29. The minimum atomic E-state index is -1.05. The van der Waals surface area contributed by atoms with Gasteiger partial charge in [-0.1, -0.05) is 29.3 Å². The average Bonchev–Trinajstić information content (AvgIpc) is 2.41. The molecule has 2 aromatic rings. The Kier molecular flexibility index (Phi) is 4.37. The maximum Gasteiger partial charge on any atom is 0.330 e. The summed E-state index contributed by atoms with van der Waals surface area (Å²) in [5.41, 5.74) is 1.06. The van der Waals surface area contributed by atoms with Crippen LogP contribution in [-0.4, -0.2) is 16.2 Å². The van der Waals surface area contributed by atoms with Crippen LogP contribution in [0.5, 0.6) is 5.75 Å². The molecule has 0 bridgehead atoms. The molecule has 0 aromatic heterocycles. The lowest BCUT2D eigenvalue weighted by Crippen LogP contribution is -2.20. The van der Waals surface area contributed by atoms with E-state index in [4.69, 9.17) is 23.2 Å². The number of nitrogens with one attached hydrogen (secondary N) is 1. The highest BCUT2D eigenvalue weighted by Crippen LogP contribution is 2.28. The van der Waals surface area contributed by atoms with Crippen LogP contribution in [-0.2, 0) is 4.79 Å². The molecule has 20 heavy (non-hydrogen) atoms. The molecule has 0 heterocycles. The molecule has 0 saturated carbocycles. The number of rotatable bonds is 4. The Morgan fingerprint density at radius 1 is 1.10 bits per heavy atom. The van der Waals surface area contributed by atoms with Crippen molar-refractivity contribution in [3.8, 4) is 5.75 Å². The summed E-state index contributed by atoms with van der Waals surface area (Å²) >= 11 is 11.6. The number of phenolic OH excluding ortho intramolecular Hbond substituents is 1. The maximum atomic E-state index is 11.4. The van der Waals surface area contributed by atoms with Gasteiger partial charge in [-0.15, -0.1) is 0 Å². The Morgan fingerprint density at radius 2 is 1.75 bits per heavy atom. The van der Waals surface area contributed by atoms with Crippen molar-refractivity contribution in [2.75, 3.05) is 5.32 Å². The third kappa shape index (κ3) is 3.35. The van der Waals surface area contributed by atoms with E-state index >= 15 is 0 Å². The van der Waals surface area contributed by atoms with Crippen molar-refractivity contribution in [1.82, 2.24) is 0 Å². The molecule has 6 heteroatoms. The van der Waals surface area contributed by atoms with E-state index in [-0.39, 0.29) is 10.8 Å². The molecule has 1 unspecified atom stereocenters. The second-order valence-electron chi connectivity index (χ2n) is 4.13. The first-order valence-electron chi connectivity index (χ1n) is 5.70. The zero-order valence-electron chi connectivity index (χ0n) is 10.2. The number of aromatic hydroxyl groups is 1. The predicted molar refractivity (Wildman–Crippen MR) is 78.6 cm³/mol. The summed E-state index contributed by atoms with van der Waals surface area (Å²) in [5.74, 6) is -1.15. The fraction of sp³-hybridized carbons (Fsp3) is 0.0714. The number of carboxylic acid groups (broad SMARTS) is 1. The number of halogens is 2. The molecular weight excluding hydrogens is 301 g/mol. The lowest BCUT2D eigenvalue weighted by atomic mass is 10.1. The normalized spacial score (nSPS) is 11.9. The van der Waals surface area contributed by atoms with Gasteiger partial charge in [0.15, 0.2) is 6.04 Å². The van der Waals surface area contributed by atoms with Gasteiger partial charge in [0.25, 0.3) is 0 Å². The van der Waals surface area contributed by atoms with Gasteiger partial charge >= 0.3 is 5.97 Å². The van der Waals surface area contributed by atoms with Crippen LogP contribution in [0.3, 0.4) is 0 Å². The molecular formula is C14H11Cl2NO3. The summed E-state index contributed by atoms with van der Waals surface area (Å²) in [6, 6.07) is 9.98. The van der Waals surface area contributed by atoms with Crippen molar-refractivity contribution >= 4 is 34.9 Å². The molecule has 0 aliphatic carbocycles. The summed E-state index contributed by atoms with van der Waals surface area (Å²) in [5, 5.41) is 22.2. The minimum Gasteiger partial charge on any atom is -0.506 e. The quantitative estimate of drug-likeness (QED) is 0.800. The topological polar surface area (TPSA) is 69.6 Å². The fourth-order valence-electron chi connectivity index (χ4n) is 1.70. The molecule has 1 atom stereocenters. The van der Waals surface area contributed by atoms with Crippen LogP contribution >= 0.6 is 23.2 Å². The summed E-state index contributed by atoms with van der Waals surface area (Å²) < 4.78 is 0. The summed E-state index contributed by atoms with van der Waals surface area (Å²) in [6.45, 7) is 0.